The molecule has 1 aromatic heterocycles. The number of aromatic nitrogens is 1. The van der Waals surface area contributed by atoms with E-state index < -0.39 is 0 Å². The van der Waals surface area contributed by atoms with Crippen molar-refractivity contribution in [2.45, 2.75) is 50.4 Å². The van der Waals surface area contributed by atoms with Crippen LogP contribution in [0, 0.1) is 5.92 Å². The summed E-state index contributed by atoms with van der Waals surface area (Å²) in [5.74, 6) is 0.326. The van der Waals surface area contributed by atoms with Gasteiger partial charge in [-0.25, -0.2) is 0 Å². The molecule has 0 spiro atoms. The Morgan fingerprint density at radius 3 is 2.88 bits per heavy atom. The van der Waals surface area contributed by atoms with Gasteiger partial charge in [-0.2, -0.15) is 0 Å². The van der Waals surface area contributed by atoms with E-state index in [2.05, 4.69) is 40.9 Å². The molecule has 1 aliphatic heterocycles. The van der Waals surface area contributed by atoms with Crippen LogP contribution >= 0.6 is 0 Å². The molecule has 0 unspecified atom stereocenters. The Morgan fingerprint density at radius 1 is 1.28 bits per heavy atom. The highest BCUT2D eigenvalue weighted by atomic mass is 16.5. The molecule has 5 nitrogen and oxygen atoms in total. The van der Waals surface area contributed by atoms with E-state index in [0.717, 1.165) is 32.2 Å². The van der Waals surface area contributed by atoms with Crippen LogP contribution in [0.3, 0.4) is 0 Å². The lowest BCUT2D eigenvalue weighted by Gasteiger charge is -2.35. The summed E-state index contributed by atoms with van der Waals surface area (Å²) in [5, 5.41) is 11.4. The fourth-order valence-electron chi connectivity index (χ4n) is 4.87. The molecule has 1 N–H and O–H groups in total. The van der Waals surface area contributed by atoms with Crippen LogP contribution in [0.15, 0.2) is 30.5 Å². The molecule has 0 amide bonds. The summed E-state index contributed by atoms with van der Waals surface area (Å²) in [6.45, 7) is 0.717. The summed E-state index contributed by atoms with van der Waals surface area (Å²) >= 11 is 0. The van der Waals surface area contributed by atoms with Gasteiger partial charge in [-0.3, -0.25) is 9.69 Å². The van der Waals surface area contributed by atoms with Crippen molar-refractivity contribution in [2.24, 2.45) is 13.0 Å². The number of fused-ring (bicyclic) bond motifs is 2. The normalized spacial score (nSPS) is 29.7. The Hall–Kier alpha value is -1.85. The summed E-state index contributed by atoms with van der Waals surface area (Å²) in [6, 6.07) is 8.42. The topological polar surface area (TPSA) is 54.7 Å². The van der Waals surface area contributed by atoms with Crippen LogP contribution in [0.25, 0.3) is 10.9 Å². The van der Waals surface area contributed by atoms with Crippen LogP contribution in [0.5, 0.6) is 0 Å². The van der Waals surface area contributed by atoms with Gasteiger partial charge in [0.25, 0.3) is 0 Å². The molecule has 134 valence electrons. The number of aliphatic hydroxyl groups excluding tert-OH is 1. The molecule has 1 aliphatic carbocycles. The van der Waals surface area contributed by atoms with Crippen molar-refractivity contribution in [3.8, 4) is 0 Å². The SMILES string of the molecule is COC(=O)[C@H]1C[C@@H]2CC[C@H](O)C[C@@H]2N1Cc1cn(C)c2ccccc12. The average molecular weight is 342 g/mol. The third-order valence-corrected chi connectivity index (χ3v) is 6.09. The maximum Gasteiger partial charge on any atom is 0.323 e. The number of carbonyl (C=O) groups is 1. The Bertz CT molecular complexity index is 784. The number of likely N-dealkylation sites (tertiary alicyclic amines) is 1. The minimum Gasteiger partial charge on any atom is -0.468 e. The first-order valence-electron chi connectivity index (χ1n) is 9.13. The fourth-order valence-corrected chi connectivity index (χ4v) is 4.87. The van der Waals surface area contributed by atoms with Crippen LogP contribution in [0.1, 0.15) is 31.2 Å². The number of hydrogen-bond donors (Lipinski definition) is 1. The molecule has 4 rings (SSSR count). The number of rotatable bonds is 3. The van der Waals surface area contributed by atoms with Crippen molar-refractivity contribution >= 4 is 16.9 Å². The summed E-state index contributed by atoms with van der Waals surface area (Å²) in [6.07, 6.45) is 5.33. The predicted octanol–water partition coefficient (Wildman–Crippen LogP) is 2.46. The lowest BCUT2D eigenvalue weighted by atomic mass is 9.83. The average Bonchev–Trinajstić information content (AvgIpc) is 3.13. The standard InChI is InChI=1S/C20H26N2O3/c1-21-11-14(16-5-3-4-6-17(16)21)12-22-18-10-15(23)8-7-13(18)9-19(22)20(24)25-2/h3-6,11,13,15,18-19,23H,7-10,12H2,1-2H3/t13-,15-,18-,19+/m0/s1. The number of benzene rings is 1. The van der Waals surface area contributed by atoms with Gasteiger partial charge in [-0.15, -0.1) is 0 Å². The summed E-state index contributed by atoms with van der Waals surface area (Å²) < 4.78 is 7.22. The number of methoxy groups -OCH3 is 1. The molecule has 2 aliphatic rings. The Morgan fingerprint density at radius 2 is 2.08 bits per heavy atom. The predicted molar refractivity (Wildman–Crippen MR) is 96.0 cm³/mol. The Kier molecular flexibility index (Phi) is 4.29. The molecule has 1 aromatic carbocycles. The lowest BCUT2D eigenvalue weighted by molar-refractivity contribution is -0.146. The van der Waals surface area contributed by atoms with Crippen molar-refractivity contribution in [3.05, 3.63) is 36.0 Å². The maximum absolute atomic E-state index is 12.4. The molecule has 2 aromatic rings. The van der Waals surface area contributed by atoms with E-state index in [1.165, 1.54) is 23.6 Å². The molecule has 1 saturated carbocycles. The minimum absolute atomic E-state index is 0.149. The molecular weight excluding hydrogens is 316 g/mol. The second-order valence-corrected chi connectivity index (χ2v) is 7.52. The van der Waals surface area contributed by atoms with Crippen molar-refractivity contribution in [3.63, 3.8) is 0 Å². The third kappa shape index (κ3) is 2.85. The van der Waals surface area contributed by atoms with Crippen LogP contribution < -0.4 is 0 Å². The number of aliphatic hydroxyl groups is 1. The summed E-state index contributed by atoms with van der Waals surface area (Å²) in [4.78, 5) is 14.7. The van der Waals surface area contributed by atoms with Crippen LogP contribution in [-0.2, 0) is 23.1 Å². The van der Waals surface area contributed by atoms with Gasteiger partial charge in [0.2, 0.25) is 0 Å². The quantitative estimate of drug-likeness (QED) is 0.871. The highest BCUT2D eigenvalue weighted by molar-refractivity contribution is 5.84. The number of aryl methyl sites for hydroxylation is 1. The number of carbonyl (C=O) groups excluding carboxylic acids is 1. The number of para-hydroxylation sites is 1. The van der Waals surface area contributed by atoms with Gasteiger partial charge in [0.15, 0.2) is 0 Å². The van der Waals surface area contributed by atoms with Gasteiger partial charge in [0.1, 0.15) is 6.04 Å². The molecule has 2 fully saturated rings. The lowest BCUT2D eigenvalue weighted by Crippen LogP contribution is -2.44. The zero-order chi connectivity index (χ0) is 17.6. The second kappa shape index (κ2) is 6.46. The molecule has 4 atom stereocenters. The van der Waals surface area contributed by atoms with Gasteiger partial charge in [-0.1, -0.05) is 18.2 Å². The summed E-state index contributed by atoms with van der Waals surface area (Å²) in [5.41, 5.74) is 2.43. The molecule has 5 heteroatoms. The van der Waals surface area contributed by atoms with Crippen molar-refractivity contribution in [1.29, 1.82) is 0 Å². The molecule has 0 bridgehead atoms. The largest absolute Gasteiger partial charge is 0.468 e. The zero-order valence-electron chi connectivity index (χ0n) is 14.9. The minimum atomic E-state index is -0.257. The Balaban J connectivity index is 1.68. The maximum atomic E-state index is 12.4. The van der Waals surface area contributed by atoms with E-state index in [1.807, 2.05) is 6.07 Å². The number of hydrogen-bond acceptors (Lipinski definition) is 4. The van der Waals surface area contributed by atoms with Gasteiger partial charge in [-0.05, 0) is 43.2 Å². The fraction of sp³-hybridized carbons (Fsp3) is 0.550. The van der Waals surface area contributed by atoms with Crippen molar-refractivity contribution < 1.29 is 14.6 Å². The van der Waals surface area contributed by atoms with Crippen molar-refractivity contribution in [1.82, 2.24) is 9.47 Å². The molecule has 25 heavy (non-hydrogen) atoms. The van der Waals surface area contributed by atoms with E-state index in [4.69, 9.17) is 4.74 Å². The van der Waals surface area contributed by atoms with E-state index >= 15 is 0 Å². The number of esters is 1. The van der Waals surface area contributed by atoms with Crippen LogP contribution in [0.2, 0.25) is 0 Å². The van der Waals surface area contributed by atoms with E-state index in [1.54, 1.807) is 0 Å². The van der Waals surface area contributed by atoms with Gasteiger partial charge >= 0.3 is 5.97 Å². The summed E-state index contributed by atoms with van der Waals surface area (Å²) in [7, 11) is 3.52. The number of ether oxygens (including phenoxy) is 1. The monoisotopic (exact) mass is 342 g/mol. The van der Waals surface area contributed by atoms with E-state index in [0.29, 0.717) is 5.92 Å². The van der Waals surface area contributed by atoms with E-state index in [9.17, 15) is 9.90 Å². The zero-order valence-corrected chi connectivity index (χ0v) is 14.9. The molecule has 2 heterocycles. The van der Waals surface area contributed by atoms with Gasteiger partial charge < -0.3 is 14.4 Å². The second-order valence-electron chi connectivity index (χ2n) is 7.52. The number of nitrogens with zero attached hydrogens (tertiary/aromatic N) is 2. The van der Waals surface area contributed by atoms with Gasteiger partial charge in [0.05, 0.1) is 13.2 Å². The highest BCUT2D eigenvalue weighted by Crippen LogP contribution is 2.41. The van der Waals surface area contributed by atoms with Crippen LogP contribution in [-0.4, -0.2) is 45.8 Å². The first-order chi connectivity index (χ1) is 12.1. The Labute approximate surface area is 148 Å². The van der Waals surface area contributed by atoms with Crippen molar-refractivity contribution in [2.75, 3.05) is 7.11 Å². The molecular formula is C20H26N2O3. The van der Waals surface area contributed by atoms with Crippen LogP contribution in [0.4, 0.5) is 0 Å². The first kappa shape index (κ1) is 16.6. The smallest absolute Gasteiger partial charge is 0.323 e. The van der Waals surface area contributed by atoms with E-state index in [-0.39, 0.29) is 24.2 Å². The molecule has 0 radical (unpaired) electrons. The van der Waals surface area contributed by atoms with Gasteiger partial charge in [0, 0.05) is 36.7 Å². The third-order valence-electron chi connectivity index (χ3n) is 6.09. The first-order valence-corrected chi connectivity index (χ1v) is 9.13. The highest BCUT2D eigenvalue weighted by Gasteiger charge is 2.47. The molecule has 1 saturated heterocycles.